The molecule has 100 valence electrons. The molecule has 1 fully saturated rings. The van der Waals surface area contributed by atoms with Crippen LogP contribution in [0.25, 0.3) is 0 Å². The lowest BCUT2D eigenvalue weighted by Gasteiger charge is -2.37. The maximum Gasteiger partial charge on any atom is 0.272 e. The van der Waals surface area contributed by atoms with Gasteiger partial charge in [-0.15, -0.1) is 11.6 Å². The van der Waals surface area contributed by atoms with Crippen molar-refractivity contribution in [1.82, 2.24) is 14.7 Å². The Kier molecular flexibility index (Phi) is 4.27. The third kappa shape index (κ3) is 2.69. The van der Waals surface area contributed by atoms with Crippen LogP contribution in [0.5, 0.6) is 0 Å². The molecule has 5 heteroatoms. The molecule has 0 unspecified atom stereocenters. The summed E-state index contributed by atoms with van der Waals surface area (Å²) in [7, 11) is 1.82. The predicted octanol–water partition coefficient (Wildman–Crippen LogP) is 2.35. The first kappa shape index (κ1) is 13.4. The summed E-state index contributed by atoms with van der Waals surface area (Å²) in [6.07, 6.45) is 4.30. The van der Waals surface area contributed by atoms with Crippen LogP contribution in [-0.4, -0.2) is 39.1 Å². The number of alkyl halides is 1. The van der Waals surface area contributed by atoms with Gasteiger partial charge in [0.1, 0.15) is 5.69 Å². The third-order valence-corrected chi connectivity index (χ3v) is 3.80. The highest BCUT2D eigenvalue weighted by molar-refractivity contribution is 6.17. The van der Waals surface area contributed by atoms with Crippen molar-refractivity contribution in [2.45, 2.75) is 38.6 Å². The summed E-state index contributed by atoms with van der Waals surface area (Å²) < 4.78 is 1.67. The molecule has 0 radical (unpaired) electrons. The van der Waals surface area contributed by atoms with Crippen LogP contribution in [0.15, 0.2) is 6.07 Å². The van der Waals surface area contributed by atoms with E-state index in [1.54, 1.807) is 4.68 Å². The van der Waals surface area contributed by atoms with E-state index < -0.39 is 0 Å². The normalized spacial score (nSPS) is 15.5. The topological polar surface area (TPSA) is 38.1 Å². The van der Waals surface area contributed by atoms with Crippen molar-refractivity contribution < 1.29 is 4.79 Å². The Morgan fingerprint density at radius 1 is 1.61 bits per heavy atom. The molecule has 0 saturated heterocycles. The first-order valence-electron chi connectivity index (χ1n) is 6.51. The largest absolute Gasteiger partial charge is 0.334 e. The van der Waals surface area contributed by atoms with E-state index >= 15 is 0 Å². The van der Waals surface area contributed by atoms with Gasteiger partial charge in [0.15, 0.2) is 0 Å². The highest BCUT2D eigenvalue weighted by Crippen LogP contribution is 2.26. The SMILES string of the molecule is Cc1cc(C(=O)N(CCCCl)C2CCC2)n(C)n1. The molecule has 0 aromatic carbocycles. The number of hydrogen-bond donors (Lipinski definition) is 0. The van der Waals surface area contributed by atoms with Crippen molar-refractivity contribution in [3.8, 4) is 0 Å². The van der Waals surface area contributed by atoms with Crippen LogP contribution in [-0.2, 0) is 7.05 Å². The highest BCUT2D eigenvalue weighted by Gasteiger charge is 2.30. The van der Waals surface area contributed by atoms with E-state index in [1.807, 2.05) is 24.9 Å². The smallest absolute Gasteiger partial charge is 0.272 e. The lowest BCUT2D eigenvalue weighted by Crippen LogP contribution is -2.45. The molecule has 1 amide bonds. The van der Waals surface area contributed by atoms with Crippen LogP contribution in [0, 0.1) is 6.92 Å². The minimum atomic E-state index is 0.0907. The Morgan fingerprint density at radius 3 is 2.78 bits per heavy atom. The van der Waals surface area contributed by atoms with E-state index in [1.165, 1.54) is 6.42 Å². The van der Waals surface area contributed by atoms with Gasteiger partial charge in [-0.25, -0.2) is 0 Å². The van der Waals surface area contributed by atoms with Crippen LogP contribution in [0.2, 0.25) is 0 Å². The molecule has 1 aromatic rings. The van der Waals surface area contributed by atoms with E-state index in [9.17, 15) is 4.79 Å². The summed E-state index contributed by atoms with van der Waals surface area (Å²) in [4.78, 5) is 14.5. The monoisotopic (exact) mass is 269 g/mol. The van der Waals surface area contributed by atoms with Crippen molar-refractivity contribution in [3.63, 3.8) is 0 Å². The van der Waals surface area contributed by atoms with Crippen molar-refractivity contribution in [3.05, 3.63) is 17.5 Å². The molecule has 2 rings (SSSR count). The molecular formula is C13H20ClN3O. The van der Waals surface area contributed by atoms with E-state index in [-0.39, 0.29) is 5.91 Å². The van der Waals surface area contributed by atoms with Gasteiger partial charge < -0.3 is 4.90 Å². The van der Waals surface area contributed by atoms with Gasteiger partial charge in [-0.1, -0.05) is 0 Å². The Bertz CT molecular complexity index is 426. The second kappa shape index (κ2) is 5.74. The fraction of sp³-hybridized carbons (Fsp3) is 0.692. The lowest BCUT2D eigenvalue weighted by molar-refractivity contribution is 0.0569. The second-order valence-corrected chi connectivity index (χ2v) is 5.30. The highest BCUT2D eigenvalue weighted by atomic mass is 35.5. The molecule has 0 atom stereocenters. The summed E-state index contributed by atoms with van der Waals surface area (Å²) in [5, 5.41) is 4.24. The maximum absolute atomic E-state index is 12.5. The first-order chi connectivity index (χ1) is 8.63. The van der Waals surface area contributed by atoms with Crippen LogP contribution < -0.4 is 0 Å². The fourth-order valence-corrected chi connectivity index (χ4v) is 2.46. The molecule has 1 aliphatic rings. The molecule has 0 spiro atoms. The zero-order valence-corrected chi connectivity index (χ0v) is 11.8. The van der Waals surface area contributed by atoms with Gasteiger partial charge in [0, 0.05) is 25.5 Å². The van der Waals surface area contributed by atoms with Gasteiger partial charge in [0.05, 0.1) is 5.69 Å². The molecule has 0 bridgehead atoms. The molecule has 1 aromatic heterocycles. The van der Waals surface area contributed by atoms with Crippen LogP contribution in [0.4, 0.5) is 0 Å². The third-order valence-electron chi connectivity index (χ3n) is 3.53. The quantitative estimate of drug-likeness (QED) is 0.770. The second-order valence-electron chi connectivity index (χ2n) is 4.92. The van der Waals surface area contributed by atoms with Crippen LogP contribution in [0.3, 0.4) is 0 Å². The van der Waals surface area contributed by atoms with Crippen molar-refractivity contribution in [2.75, 3.05) is 12.4 Å². The van der Waals surface area contributed by atoms with Gasteiger partial charge in [-0.2, -0.15) is 5.10 Å². The Balaban J connectivity index is 2.13. The first-order valence-corrected chi connectivity index (χ1v) is 7.04. The molecule has 4 nitrogen and oxygen atoms in total. The zero-order chi connectivity index (χ0) is 13.1. The van der Waals surface area contributed by atoms with Gasteiger partial charge in [0.2, 0.25) is 0 Å². The van der Waals surface area contributed by atoms with Crippen molar-refractivity contribution >= 4 is 17.5 Å². The number of rotatable bonds is 5. The van der Waals surface area contributed by atoms with Crippen molar-refractivity contribution in [1.29, 1.82) is 0 Å². The Labute approximate surface area is 113 Å². The number of aryl methyl sites for hydroxylation is 2. The number of carbonyl (C=O) groups excluding carboxylic acids is 1. The fourth-order valence-electron chi connectivity index (χ4n) is 2.34. The zero-order valence-electron chi connectivity index (χ0n) is 11.0. The Morgan fingerprint density at radius 2 is 2.33 bits per heavy atom. The number of amides is 1. The van der Waals surface area contributed by atoms with Crippen LogP contribution >= 0.6 is 11.6 Å². The minimum absolute atomic E-state index is 0.0907. The molecule has 1 saturated carbocycles. The summed E-state index contributed by atoms with van der Waals surface area (Å²) in [6.45, 7) is 2.65. The summed E-state index contributed by atoms with van der Waals surface area (Å²) in [5.74, 6) is 0.689. The maximum atomic E-state index is 12.5. The molecule has 0 aliphatic heterocycles. The Hall–Kier alpha value is -1.03. The summed E-state index contributed by atoms with van der Waals surface area (Å²) in [6, 6.07) is 2.25. The predicted molar refractivity (Wildman–Crippen MR) is 72.0 cm³/mol. The molecule has 1 heterocycles. The standard InChI is InChI=1S/C13H20ClN3O/c1-10-9-12(16(2)15-10)13(18)17(8-4-7-14)11-5-3-6-11/h9,11H,3-8H2,1-2H3. The number of hydrogen-bond acceptors (Lipinski definition) is 2. The molecule has 0 N–H and O–H groups in total. The van der Waals surface area contributed by atoms with E-state index in [4.69, 9.17) is 11.6 Å². The molecule has 18 heavy (non-hydrogen) atoms. The molecule has 1 aliphatic carbocycles. The van der Waals surface area contributed by atoms with Gasteiger partial charge in [-0.3, -0.25) is 9.48 Å². The van der Waals surface area contributed by atoms with Gasteiger partial charge in [-0.05, 0) is 38.7 Å². The van der Waals surface area contributed by atoms with E-state index in [0.29, 0.717) is 17.6 Å². The summed E-state index contributed by atoms with van der Waals surface area (Å²) >= 11 is 5.74. The molecular weight excluding hydrogens is 250 g/mol. The number of carbonyl (C=O) groups is 1. The van der Waals surface area contributed by atoms with Gasteiger partial charge in [0.25, 0.3) is 5.91 Å². The lowest BCUT2D eigenvalue weighted by atomic mass is 9.91. The van der Waals surface area contributed by atoms with E-state index in [2.05, 4.69) is 5.10 Å². The van der Waals surface area contributed by atoms with E-state index in [0.717, 1.165) is 31.5 Å². The van der Waals surface area contributed by atoms with Crippen molar-refractivity contribution in [2.24, 2.45) is 7.05 Å². The number of nitrogens with zero attached hydrogens (tertiary/aromatic N) is 3. The average Bonchev–Trinajstić information content (AvgIpc) is 2.60. The average molecular weight is 270 g/mol. The number of aromatic nitrogens is 2. The number of halogens is 1. The van der Waals surface area contributed by atoms with Crippen LogP contribution in [0.1, 0.15) is 41.9 Å². The summed E-state index contributed by atoms with van der Waals surface area (Å²) in [5.41, 5.74) is 1.56. The van der Waals surface area contributed by atoms with Gasteiger partial charge >= 0.3 is 0 Å². The minimum Gasteiger partial charge on any atom is -0.334 e.